The molecule has 0 spiro atoms. The molecule has 1 aliphatic heterocycles. The summed E-state index contributed by atoms with van der Waals surface area (Å²) in [5.74, 6) is -0.506. The number of likely N-dealkylation sites (tertiary alicyclic amines) is 1. The van der Waals surface area contributed by atoms with Crippen LogP contribution in [0.4, 0.5) is 0 Å². The topological polar surface area (TPSA) is 119 Å². The van der Waals surface area contributed by atoms with Crippen molar-refractivity contribution in [2.45, 2.75) is 26.7 Å². The van der Waals surface area contributed by atoms with Crippen LogP contribution in [0.5, 0.6) is 0 Å². The highest BCUT2D eigenvalue weighted by Crippen LogP contribution is 2.28. The molecule has 33 heavy (non-hydrogen) atoms. The van der Waals surface area contributed by atoms with Gasteiger partial charge in [0.15, 0.2) is 0 Å². The van der Waals surface area contributed by atoms with Crippen LogP contribution in [0.15, 0.2) is 42.2 Å². The number of nitrogens with one attached hydrogen (secondary N) is 2. The molecule has 4 aromatic rings. The van der Waals surface area contributed by atoms with Gasteiger partial charge in [-0.25, -0.2) is 4.98 Å². The van der Waals surface area contributed by atoms with Crippen LogP contribution in [0.25, 0.3) is 27.5 Å². The number of amides is 1. The molecule has 1 aromatic carbocycles. The van der Waals surface area contributed by atoms with Gasteiger partial charge < -0.3 is 14.9 Å². The van der Waals surface area contributed by atoms with Crippen LogP contribution < -0.4 is 0 Å². The van der Waals surface area contributed by atoms with Crippen molar-refractivity contribution in [2.75, 3.05) is 13.1 Å². The Balaban J connectivity index is 1.36. The van der Waals surface area contributed by atoms with Gasteiger partial charge in [0.25, 0.3) is 11.7 Å². The maximum atomic E-state index is 13.1. The average Bonchev–Trinajstić information content (AvgIpc) is 3.47. The minimum absolute atomic E-state index is 0.374. The number of imidazole rings is 1. The number of Topliss-reactive ketones (excluding diaryl/α,β-unsaturated/α-hetero) is 1. The van der Waals surface area contributed by atoms with Crippen LogP contribution >= 0.6 is 0 Å². The van der Waals surface area contributed by atoms with E-state index in [1.165, 1.54) is 0 Å². The second-order valence-electron chi connectivity index (χ2n) is 8.29. The monoisotopic (exact) mass is 438 g/mol. The number of carbonyl (C=O) groups excluding carboxylic acids is 2. The molecule has 0 aliphatic carbocycles. The van der Waals surface area contributed by atoms with Gasteiger partial charge in [-0.15, -0.1) is 0 Å². The maximum Gasteiger partial charge on any atom is 0.295 e. The molecule has 0 radical (unpaired) electrons. The molecule has 0 atom stereocenters. The zero-order chi connectivity index (χ0) is 23.1. The Morgan fingerprint density at radius 3 is 2.64 bits per heavy atom. The number of ketones is 1. The Bertz CT molecular complexity index is 1460. The number of aromatic amines is 2. The second-order valence-corrected chi connectivity index (χ2v) is 8.29. The number of allylic oxidation sites excluding steroid dienone is 1. The normalized spacial score (nSPS) is 14.0. The Morgan fingerprint density at radius 2 is 1.91 bits per heavy atom. The molecule has 1 amide bonds. The average molecular weight is 438 g/mol. The molecule has 164 valence electrons. The third-order valence-corrected chi connectivity index (χ3v) is 6.27. The molecular weight excluding hydrogens is 416 g/mol. The number of H-pyrrole nitrogens is 2. The van der Waals surface area contributed by atoms with Crippen LogP contribution in [-0.2, 0) is 4.79 Å². The Kier molecular flexibility index (Phi) is 5.02. The lowest BCUT2D eigenvalue weighted by molar-refractivity contribution is -0.126. The van der Waals surface area contributed by atoms with Gasteiger partial charge in [0.05, 0.1) is 33.4 Å². The molecule has 0 bridgehead atoms. The molecule has 3 aromatic heterocycles. The third-order valence-electron chi connectivity index (χ3n) is 6.27. The molecule has 1 aliphatic rings. The summed E-state index contributed by atoms with van der Waals surface area (Å²) in [6.07, 6.45) is 4.35. The largest absolute Gasteiger partial charge is 0.359 e. The number of pyridine rings is 1. The van der Waals surface area contributed by atoms with E-state index in [0.717, 1.165) is 38.8 Å². The fourth-order valence-electron chi connectivity index (χ4n) is 4.48. The van der Waals surface area contributed by atoms with Crippen LogP contribution in [0, 0.1) is 25.2 Å². The number of hydrogen-bond donors (Lipinski definition) is 2. The Morgan fingerprint density at radius 1 is 1.15 bits per heavy atom. The Hall–Kier alpha value is -4.25. The summed E-state index contributed by atoms with van der Waals surface area (Å²) in [6.45, 7) is 4.51. The van der Waals surface area contributed by atoms with Crippen LogP contribution in [0.2, 0.25) is 0 Å². The highest BCUT2D eigenvalue weighted by atomic mass is 16.2. The fraction of sp³-hybridized carbons (Fsp3) is 0.240. The maximum absolute atomic E-state index is 13.1. The van der Waals surface area contributed by atoms with E-state index < -0.39 is 11.7 Å². The number of fused-ring (bicyclic) bond motifs is 2. The summed E-state index contributed by atoms with van der Waals surface area (Å²) >= 11 is 0. The fourth-order valence-corrected chi connectivity index (χ4v) is 4.48. The minimum atomic E-state index is -0.528. The van der Waals surface area contributed by atoms with Gasteiger partial charge in [-0.1, -0.05) is 12.1 Å². The number of hydrogen-bond acceptors (Lipinski definition) is 5. The predicted octanol–water partition coefficient (Wildman–Crippen LogP) is 3.84. The van der Waals surface area contributed by atoms with Crippen LogP contribution in [-0.4, -0.2) is 49.6 Å². The number of nitrogens with zero attached hydrogens (tertiary/aromatic N) is 4. The van der Waals surface area contributed by atoms with E-state index >= 15 is 0 Å². The summed E-state index contributed by atoms with van der Waals surface area (Å²) in [6, 6.07) is 9.91. The van der Waals surface area contributed by atoms with E-state index in [1.807, 2.05) is 38.1 Å². The first-order chi connectivity index (χ1) is 16.0. The lowest BCUT2D eigenvalue weighted by Crippen LogP contribution is -2.40. The summed E-state index contributed by atoms with van der Waals surface area (Å²) in [4.78, 5) is 42.8. The summed E-state index contributed by atoms with van der Waals surface area (Å²) < 4.78 is 0. The number of benzene rings is 1. The number of aromatic nitrogens is 4. The molecule has 0 saturated carbocycles. The van der Waals surface area contributed by atoms with Crippen molar-refractivity contribution in [1.29, 1.82) is 5.26 Å². The smallest absolute Gasteiger partial charge is 0.295 e. The van der Waals surface area contributed by atoms with Crippen molar-refractivity contribution < 1.29 is 9.59 Å². The molecule has 0 unspecified atom stereocenters. The Labute approximate surface area is 190 Å². The van der Waals surface area contributed by atoms with Crippen molar-refractivity contribution in [3.63, 3.8) is 0 Å². The van der Waals surface area contributed by atoms with Crippen molar-refractivity contribution in [2.24, 2.45) is 0 Å². The van der Waals surface area contributed by atoms with E-state index in [2.05, 4.69) is 26.0 Å². The van der Waals surface area contributed by atoms with E-state index in [0.29, 0.717) is 42.9 Å². The first-order valence-corrected chi connectivity index (χ1v) is 10.8. The number of piperidine rings is 1. The highest BCUT2D eigenvalue weighted by molar-refractivity contribution is 6.45. The standard InChI is InChI=1S/C25H22N6O2/c1-14-12-27-15(2)22-21(14)18(13-28-22)23(32)25(33)31-9-7-16(8-10-31)17(11-26)24-29-19-5-3-4-6-20(19)30-24/h3-6,12-13,28H,7-10H2,1-2H3,(H,29,30). The van der Waals surface area contributed by atoms with Gasteiger partial charge in [-0.3, -0.25) is 14.6 Å². The molecule has 5 rings (SSSR count). The van der Waals surface area contributed by atoms with E-state index in [4.69, 9.17) is 0 Å². The van der Waals surface area contributed by atoms with Crippen LogP contribution in [0.3, 0.4) is 0 Å². The third kappa shape index (κ3) is 3.48. The summed E-state index contributed by atoms with van der Waals surface area (Å²) in [5.41, 5.74) is 5.92. The SMILES string of the molecule is Cc1ncc(C)c2c(C(=O)C(=O)N3CCC(=C(C#N)c4nc5ccccc5[nH]4)CC3)c[nH]c12. The molecule has 1 fully saturated rings. The number of rotatable bonds is 3. The second kappa shape index (κ2) is 8.02. The quantitative estimate of drug-likeness (QED) is 0.286. The highest BCUT2D eigenvalue weighted by Gasteiger charge is 2.29. The predicted molar refractivity (Wildman–Crippen MR) is 124 cm³/mol. The van der Waals surface area contributed by atoms with Gasteiger partial charge in [0.1, 0.15) is 11.9 Å². The molecular formula is C25H22N6O2. The molecule has 2 N–H and O–H groups in total. The molecule has 1 saturated heterocycles. The van der Waals surface area contributed by atoms with E-state index in [9.17, 15) is 14.9 Å². The van der Waals surface area contributed by atoms with Gasteiger partial charge in [-0.05, 0) is 50.0 Å². The van der Waals surface area contributed by atoms with Crippen LogP contribution in [0.1, 0.15) is 40.3 Å². The summed E-state index contributed by atoms with van der Waals surface area (Å²) in [5, 5.41) is 10.5. The van der Waals surface area contributed by atoms with Gasteiger partial charge in [0, 0.05) is 30.9 Å². The zero-order valence-corrected chi connectivity index (χ0v) is 18.4. The van der Waals surface area contributed by atoms with Gasteiger partial charge >= 0.3 is 0 Å². The number of carbonyl (C=O) groups is 2. The first kappa shape index (κ1) is 20.6. The lowest BCUT2D eigenvalue weighted by Gasteiger charge is -2.28. The van der Waals surface area contributed by atoms with Crippen molar-refractivity contribution >= 4 is 39.2 Å². The number of para-hydroxylation sites is 2. The lowest BCUT2D eigenvalue weighted by atomic mass is 9.97. The van der Waals surface area contributed by atoms with E-state index in [-0.39, 0.29) is 0 Å². The van der Waals surface area contributed by atoms with Crippen molar-refractivity contribution in [3.05, 3.63) is 64.9 Å². The van der Waals surface area contributed by atoms with Crippen molar-refractivity contribution in [3.8, 4) is 6.07 Å². The number of nitriles is 1. The van der Waals surface area contributed by atoms with Gasteiger partial charge in [0.2, 0.25) is 0 Å². The summed E-state index contributed by atoms with van der Waals surface area (Å²) in [7, 11) is 0. The minimum Gasteiger partial charge on any atom is -0.359 e. The van der Waals surface area contributed by atoms with Gasteiger partial charge in [-0.2, -0.15) is 5.26 Å². The van der Waals surface area contributed by atoms with Crippen molar-refractivity contribution in [1.82, 2.24) is 24.8 Å². The zero-order valence-electron chi connectivity index (χ0n) is 18.4. The van der Waals surface area contributed by atoms with E-state index in [1.54, 1.807) is 17.3 Å². The first-order valence-electron chi connectivity index (χ1n) is 10.8. The number of aryl methyl sites for hydroxylation is 2. The molecule has 4 heterocycles. The molecule has 8 heteroatoms. The molecule has 8 nitrogen and oxygen atoms in total.